The lowest BCUT2D eigenvalue weighted by Crippen LogP contribution is -2.15. The van der Waals surface area contributed by atoms with Crippen molar-refractivity contribution in [1.82, 2.24) is 4.98 Å². The van der Waals surface area contributed by atoms with Crippen molar-refractivity contribution in [2.45, 2.75) is 27.7 Å². The Morgan fingerprint density at radius 3 is 2.25 bits per heavy atom. The summed E-state index contributed by atoms with van der Waals surface area (Å²) < 4.78 is 0. The number of carbonyl (C=O) groups is 2. The summed E-state index contributed by atoms with van der Waals surface area (Å²) in [6, 6.07) is 3.95. The van der Waals surface area contributed by atoms with Gasteiger partial charge < -0.3 is 0 Å². The molecule has 0 spiro atoms. The second-order valence-corrected chi connectivity index (χ2v) is 5.68. The second kappa shape index (κ2) is 5.54. The first kappa shape index (κ1) is 14.4. The summed E-state index contributed by atoms with van der Waals surface area (Å²) in [7, 11) is 0. The standard InChI is InChI=1S/C15H16N2O2S/c1-8-5-9(2)13(10(3)6-8)14(19)17-15-16-12(7-20-15)11(4)18/h5-7H,1-4H3,(H,16,17,19). The SMILES string of the molecule is CC(=O)c1csc(NC(=O)c2c(C)cc(C)cc2C)n1. The van der Waals surface area contributed by atoms with Crippen molar-refractivity contribution in [2.75, 3.05) is 5.32 Å². The summed E-state index contributed by atoms with van der Waals surface area (Å²) in [5.41, 5.74) is 4.04. The van der Waals surface area contributed by atoms with Crippen LogP contribution in [0.3, 0.4) is 0 Å². The van der Waals surface area contributed by atoms with Crippen LogP contribution in [0.1, 0.15) is 44.5 Å². The van der Waals surface area contributed by atoms with Crippen molar-refractivity contribution in [3.63, 3.8) is 0 Å². The minimum atomic E-state index is -0.190. The zero-order chi connectivity index (χ0) is 14.9. The number of benzene rings is 1. The van der Waals surface area contributed by atoms with E-state index in [4.69, 9.17) is 0 Å². The lowest BCUT2D eigenvalue weighted by Gasteiger charge is -2.10. The highest BCUT2D eigenvalue weighted by atomic mass is 32.1. The second-order valence-electron chi connectivity index (χ2n) is 4.82. The molecule has 0 saturated heterocycles. The predicted octanol–water partition coefficient (Wildman–Crippen LogP) is 3.52. The maximum Gasteiger partial charge on any atom is 0.257 e. The Hall–Kier alpha value is -2.01. The summed E-state index contributed by atoms with van der Waals surface area (Å²) in [4.78, 5) is 27.6. The van der Waals surface area contributed by atoms with Crippen molar-refractivity contribution in [1.29, 1.82) is 0 Å². The molecule has 0 fully saturated rings. The third-order valence-corrected chi connectivity index (χ3v) is 3.75. The number of thiazole rings is 1. The molecule has 1 amide bonds. The number of anilines is 1. The van der Waals surface area contributed by atoms with Gasteiger partial charge in [0.25, 0.3) is 5.91 Å². The average molecular weight is 288 g/mol. The molecule has 4 nitrogen and oxygen atoms in total. The molecule has 5 heteroatoms. The number of ketones is 1. The quantitative estimate of drug-likeness (QED) is 0.879. The number of rotatable bonds is 3. The highest BCUT2D eigenvalue weighted by Crippen LogP contribution is 2.20. The van der Waals surface area contributed by atoms with Crippen molar-refractivity contribution in [3.8, 4) is 0 Å². The fraction of sp³-hybridized carbons (Fsp3) is 0.267. The number of Topliss-reactive ketones (excluding diaryl/α,β-unsaturated/α-hetero) is 1. The van der Waals surface area contributed by atoms with Gasteiger partial charge in [-0.25, -0.2) is 4.98 Å². The Morgan fingerprint density at radius 1 is 1.15 bits per heavy atom. The molecule has 0 bridgehead atoms. The van der Waals surface area contributed by atoms with Crippen molar-refractivity contribution in [2.24, 2.45) is 0 Å². The van der Waals surface area contributed by atoms with E-state index < -0.39 is 0 Å². The average Bonchev–Trinajstić information content (AvgIpc) is 2.75. The molecular formula is C15H16N2O2S. The van der Waals surface area contributed by atoms with Crippen LogP contribution in [0.4, 0.5) is 5.13 Å². The molecule has 1 aromatic carbocycles. The summed E-state index contributed by atoms with van der Waals surface area (Å²) in [5, 5.41) is 4.84. The minimum Gasteiger partial charge on any atom is -0.298 e. The van der Waals surface area contributed by atoms with Crippen LogP contribution < -0.4 is 5.32 Å². The van der Waals surface area contributed by atoms with Crippen molar-refractivity contribution < 1.29 is 9.59 Å². The van der Waals surface area contributed by atoms with Crippen LogP contribution in [0, 0.1) is 20.8 Å². The normalized spacial score (nSPS) is 10.4. The zero-order valence-electron chi connectivity index (χ0n) is 11.9. The Kier molecular flexibility index (Phi) is 3.99. The molecule has 1 heterocycles. The van der Waals surface area contributed by atoms with Gasteiger partial charge in [-0.3, -0.25) is 14.9 Å². The number of hydrogen-bond donors (Lipinski definition) is 1. The molecule has 1 aromatic heterocycles. The first-order chi connectivity index (χ1) is 9.38. The third-order valence-electron chi connectivity index (χ3n) is 2.99. The molecule has 0 atom stereocenters. The van der Waals surface area contributed by atoms with Crippen LogP contribution in [0.2, 0.25) is 0 Å². The van der Waals surface area contributed by atoms with Gasteiger partial charge >= 0.3 is 0 Å². The summed E-state index contributed by atoms with van der Waals surface area (Å²) >= 11 is 1.25. The van der Waals surface area contributed by atoms with Crippen LogP contribution in [0.25, 0.3) is 0 Å². The number of nitrogens with one attached hydrogen (secondary N) is 1. The van der Waals surface area contributed by atoms with E-state index in [-0.39, 0.29) is 11.7 Å². The number of amides is 1. The van der Waals surface area contributed by atoms with Gasteiger partial charge in [0, 0.05) is 17.9 Å². The van der Waals surface area contributed by atoms with E-state index in [1.807, 2.05) is 32.9 Å². The maximum absolute atomic E-state index is 12.3. The highest BCUT2D eigenvalue weighted by Gasteiger charge is 2.15. The molecule has 0 aliphatic carbocycles. The molecule has 0 unspecified atom stereocenters. The predicted molar refractivity (Wildman–Crippen MR) is 80.7 cm³/mol. The number of aromatic nitrogens is 1. The molecule has 20 heavy (non-hydrogen) atoms. The third kappa shape index (κ3) is 2.93. The smallest absolute Gasteiger partial charge is 0.257 e. The van der Waals surface area contributed by atoms with Crippen molar-refractivity contribution in [3.05, 3.63) is 45.5 Å². The van der Waals surface area contributed by atoms with E-state index in [0.29, 0.717) is 16.4 Å². The van der Waals surface area contributed by atoms with Crippen LogP contribution in [0.5, 0.6) is 0 Å². The molecule has 0 aliphatic rings. The van der Waals surface area contributed by atoms with E-state index in [2.05, 4.69) is 10.3 Å². The van der Waals surface area contributed by atoms with Gasteiger partial charge in [-0.1, -0.05) is 17.7 Å². The highest BCUT2D eigenvalue weighted by molar-refractivity contribution is 7.14. The largest absolute Gasteiger partial charge is 0.298 e. The van der Waals surface area contributed by atoms with E-state index in [9.17, 15) is 9.59 Å². The van der Waals surface area contributed by atoms with Gasteiger partial charge in [0.1, 0.15) is 5.69 Å². The lowest BCUT2D eigenvalue weighted by atomic mass is 9.99. The van der Waals surface area contributed by atoms with Gasteiger partial charge in [-0.15, -0.1) is 11.3 Å². The zero-order valence-corrected chi connectivity index (χ0v) is 12.7. The lowest BCUT2D eigenvalue weighted by molar-refractivity contribution is 0.100. The molecule has 0 aliphatic heterocycles. The Balaban J connectivity index is 2.26. The van der Waals surface area contributed by atoms with Gasteiger partial charge in [0.15, 0.2) is 10.9 Å². The van der Waals surface area contributed by atoms with Gasteiger partial charge in [-0.2, -0.15) is 0 Å². The Labute approximate surface area is 121 Å². The Morgan fingerprint density at radius 2 is 1.75 bits per heavy atom. The maximum atomic E-state index is 12.3. The van der Waals surface area contributed by atoms with Crippen LogP contribution >= 0.6 is 11.3 Å². The molecule has 104 valence electrons. The van der Waals surface area contributed by atoms with Gasteiger partial charge in [0.2, 0.25) is 0 Å². The van der Waals surface area contributed by atoms with E-state index in [0.717, 1.165) is 16.7 Å². The molecule has 2 rings (SSSR count). The van der Waals surface area contributed by atoms with Crippen LogP contribution in [-0.4, -0.2) is 16.7 Å². The molecule has 1 N–H and O–H groups in total. The molecule has 0 saturated carbocycles. The first-order valence-electron chi connectivity index (χ1n) is 6.24. The van der Waals surface area contributed by atoms with E-state index in [1.54, 1.807) is 5.38 Å². The van der Waals surface area contributed by atoms with Crippen LogP contribution in [-0.2, 0) is 0 Å². The Bertz CT molecular complexity index is 666. The molecule has 0 radical (unpaired) electrons. The number of nitrogens with zero attached hydrogens (tertiary/aromatic N) is 1. The van der Waals surface area contributed by atoms with E-state index in [1.165, 1.54) is 18.3 Å². The number of carbonyl (C=O) groups excluding carboxylic acids is 2. The topological polar surface area (TPSA) is 59.1 Å². The summed E-state index contributed by atoms with van der Waals surface area (Å²) in [6.45, 7) is 7.28. The number of aryl methyl sites for hydroxylation is 3. The fourth-order valence-corrected chi connectivity index (χ4v) is 2.94. The van der Waals surface area contributed by atoms with Gasteiger partial charge in [-0.05, 0) is 31.9 Å². The van der Waals surface area contributed by atoms with Crippen molar-refractivity contribution >= 4 is 28.2 Å². The van der Waals surface area contributed by atoms with E-state index >= 15 is 0 Å². The summed E-state index contributed by atoms with van der Waals surface area (Å²) in [6.07, 6.45) is 0. The van der Waals surface area contributed by atoms with Crippen LogP contribution in [0.15, 0.2) is 17.5 Å². The molecular weight excluding hydrogens is 272 g/mol. The molecule has 2 aromatic rings. The summed E-state index contributed by atoms with van der Waals surface area (Å²) in [5.74, 6) is -0.297. The monoisotopic (exact) mass is 288 g/mol. The minimum absolute atomic E-state index is 0.107. The van der Waals surface area contributed by atoms with Gasteiger partial charge in [0.05, 0.1) is 0 Å². The number of hydrogen-bond acceptors (Lipinski definition) is 4. The first-order valence-corrected chi connectivity index (χ1v) is 7.12. The fourth-order valence-electron chi connectivity index (χ4n) is 2.19.